The van der Waals surface area contributed by atoms with Crippen LogP contribution in [0.2, 0.25) is 0 Å². The molecule has 0 aliphatic carbocycles. The van der Waals surface area contributed by atoms with Crippen molar-refractivity contribution in [2.45, 2.75) is 6.92 Å². The summed E-state index contributed by atoms with van der Waals surface area (Å²) in [6, 6.07) is 11.8. The highest BCUT2D eigenvalue weighted by atomic mass is 15.2. The first-order valence-corrected chi connectivity index (χ1v) is 6.05. The van der Waals surface area contributed by atoms with Crippen LogP contribution in [0.15, 0.2) is 30.3 Å². The van der Waals surface area contributed by atoms with E-state index in [1.807, 2.05) is 30.3 Å². The Labute approximate surface area is 107 Å². The summed E-state index contributed by atoms with van der Waals surface area (Å²) < 4.78 is 0. The third-order valence-electron chi connectivity index (χ3n) is 2.93. The number of nitriles is 1. The maximum Gasteiger partial charge on any atom is 0.130 e. The summed E-state index contributed by atoms with van der Waals surface area (Å²) in [7, 11) is 0. The fraction of sp³-hybridized carbons (Fsp3) is 0.286. The molecule has 1 aromatic carbocycles. The molecule has 0 bridgehead atoms. The van der Waals surface area contributed by atoms with E-state index in [0.29, 0.717) is 12.1 Å². The standard InChI is InChI=1S/C14H16N4/c1-2-18(8-7-15)14-9-11(10-16)12-5-3-4-6-13(12)17-14/h3-6,9H,2,7-8,15H2,1H3. The smallest absolute Gasteiger partial charge is 0.130 e. The van der Waals surface area contributed by atoms with Crippen LogP contribution in [0, 0.1) is 11.3 Å². The van der Waals surface area contributed by atoms with Gasteiger partial charge in [0.15, 0.2) is 0 Å². The van der Waals surface area contributed by atoms with Gasteiger partial charge in [-0.15, -0.1) is 0 Å². The Kier molecular flexibility index (Phi) is 3.75. The molecule has 18 heavy (non-hydrogen) atoms. The second kappa shape index (κ2) is 5.48. The van der Waals surface area contributed by atoms with Gasteiger partial charge in [-0.25, -0.2) is 4.98 Å². The number of rotatable bonds is 4. The Morgan fingerprint density at radius 2 is 2.17 bits per heavy atom. The molecule has 0 fully saturated rings. The zero-order valence-corrected chi connectivity index (χ0v) is 10.4. The fourth-order valence-electron chi connectivity index (χ4n) is 2.01. The van der Waals surface area contributed by atoms with Crippen LogP contribution in [-0.4, -0.2) is 24.6 Å². The van der Waals surface area contributed by atoms with Gasteiger partial charge in [-0.05, 0) is 19.1 Å². The van der Waals surface area contributed by atoms with E-state index in [2.05, 4.69) is 22.9 Å². The lowest BCUT2D eigenvalue weighted by molar-refractivity contribution is 0.804. The normalized spacial score (nSPS) is 10.3. The van der Waals surface area contributed by atoms with Crippen LogP contribution in [0.25, 0.3) is 10.9 Å². The highest BCUT2D eigenvalue weighted by molar-refractivity contribution is 5.86. The van der Waals surface area contributed by atoms with E-state index < -0.39 is 0 Å². The molecule has 4 nitrogen and oxygen atoms in total. The van der Waals surface area contributed by atoms with Gasteiger partial charge in [0.2, 0.25) is 0 Å². The summed E-state index contributed by atoms with van der Waals surface area (Å²) in [4.78, 5) is 6.67. The van der Waals surface area contributed by atoms with Gasteiger partial charge in [-0.1, -0.05) is 18.2 Å². The second-order valence-corrected chi connectivity index (χ2v) is 4.03. The topological polar surface area (TPSA) is 65.9 Å². The molecular weight excluding hydrogens is 224 g/mol. The van der Waals surface area contributed by atoms with E-state index in [-0.39, 0.29) is 0 Å². The molecule has 0 unspecified atom stereocenters. The number of hydrogen-bond acceptors (Lipinski definition) is 4. The molecule has 0 saturated carbocycles. The van der Waals surface area contributed by atoms with Gasteiger partial charge in [0.25, 0.3) is 0 Å². The number of benzene rings is 1. The third-order valence-corrected chi connectivity index (χ3v) is 2.93. The van der Waals surface area contributed by atoms with Crippen LogP contribution in [0.4, 0.5) is 5.82 Å². The Balaban J connectivity index is 2.56. The molecule has 0 aliphatic rings. The molecule has 1 heterocycles. The number of likely N-dealkylation sites (N-methyl/N-ethyl adjacent to an activating group) is 1. The van der Waals surface area contributed by atoms with E-state index in [0.717, 1.165) is 29.8 Å². The van der Waals surface area contributed by atoms with Crippen molar-refractivity contribution in [3.05, 3.63) is 35.9 Å². The SMILES string of the molecule is CCN(CCN)c1cc(C#N)c2ccccc2n1. The molecule has 0 amide bonds. The van der Waals surface area contributed by atoms with Crippen LogP contribution < -0.4 is 10.6 Å². The minimum absolute atomic E-state index is 0.574. The molecule has 1 aromatic heterocycles. The first-order chi connectivity index (χ1) is 8.80. The molecule has 0 radical (unpaired) electrons. The molecule has 92 valence electrons. The average molecular weight is 240 g/mol. The first-order valence-electron chi connectivity index (χ1n) is 6.05. The van der Waals surface area contributed by atoms with Crippen molar-refractivity contribution in [1.29, 1.82) is 5.26 Å². The van der Waals surface area contributed by atoms with Crippen molar-refractivity contribution in [2.75, 3.05) is 24.5 Å². The number of para-hydroxylation sites is 1. The van der Waals surface area contributed by atoms with Crippen molar-refractivity contribution in [1.82, 2.24) is 4.98 Å². The predicted molar refractivity (Wildman–Crippen MR) is 73.4 cm³/mol. The van der Waals surface area contributed by atoms with Gasteiger partial charge < -0.3 is 10.6 Å². The van der Waals surface area contributed by atoms with Crippen LogP contribution in [0.5, 0.6) is 0 Å². The number of anilines is 1. The van der Waals surface area contributed by atoms with E-state index >= 15 is 0 Å². The molecule has 0 spiro atoms. The third kappa shape index (κ3) is 2.27. The number of pyridine rings is 1. The summed E-state index contributed by atoms with van der Waals surface area (Å²) in [6.45, 7) is 4.20. The summed E-state index contributed by atoms with van der Waals surface area (Å²) in [5.74, 6) is 0.818. The molecule has 2 aromatic rings. The fourth-order valence-corrected chi connectivity index (χ4v) is 2.01. The van der Waals surface area contributed by atoms with Crippen LogP contribution >= 0.6 is 0 Å². The van der Waals surface area contributed by atoms with Crippen molar-refractivity contribution in [3.63, 3.8) is 0 Å². The van der Waals surface area contributed by atoms with Gasteiger partial charge >= 0.3 is 0 Å². The summed E-state index contributed by atoms with van der Waals surface area (Å²) in [6.07, 6.45) is 0. The van der Waals surface area contributed by atoms with Crippen molar-refractivity contribution in [2.24, 2.45) is 5.73 Å². The number of nitrogens with zero attached hydrogens (tertiary/aromatic N) is 3. The molecule has 0 atom stereocenters. The lowest BCUT2D eigenvalue weighted by Gasteiger charge is -2.21. The van der Waals surface area contributed by atoms with Crippen LogP contribution in [0.3, 0.4) is 0 Å². The average Bonchev–Trinajstić information content (AvgIpc) is 2.43. The Morgan fingerprint density at radius 3 is 2.83 bits per heavy atom. The molecule has 2 rings (SSSR count). The lowest BCUT2D eigenvalue weighted by atomic mass is 10.1. The number of fused-ring (bicyclic) bond motifs is 1. The summed E-state index contributed by atoms with van der Waals surface area (Å²) in [5.41, 5.74) is 7.10. The molecule has 0 aliphatic heterocycles. The molecule has 0 saturated heterocycles. The van der Waals surface area contributed by atoms with Crippen molar-refractivity contribution >= 4 is 16.7 Å². The van der Waals surface area contributed by atoms with Crippen LogP contribution in [0.1, 0.15) is 12.5 Å². The van der Waals surface area contributed by atoms with E-state index in [4.69, 9.17) is 5.73 Å². The van der Waals surface area contributed by atoms with Gasteiger partial charge in [-0.3, -0.25) is 0 Å². The number of aromatic nitrogens is 1. The highest BCUT2D eigenvalue weighted by Crippen LogP contribution is 2.22. The van der Waals surface area contributed by atoms with Crippen molar-refractivity contribution < 1.29 is 0 Å². The Bertz CT molecular complexity index is 586. The van der Waals surface area contributed by atoms with Gasteiger partial charge in [0, 0.05) is 25.0 Å². The largest absolute Gasteiger partial charge is 0.356 e. The minimum atomic E-state index is 0.574. The Morgan fingerprint density at radius 1 is 1.39 bits per heavy atom. The molecule has 4 heteroatoms. The zero-order chi connectivity index (χ0) is 13.0. The number of hydrogen-bond donors (Lipinski definition) is 1. The van der Waals surface area contributed by atoms with E-state index in [1.165, 1.54) is 0 Å². The monoisotopic (exact) mass is 240 g/mol. The summed E-state index contributed by atoms with van der Waals surface area (Å²) in [5, 5.41) is 10.1. The quantitative estimate of drug-likeness (QED) is 0.886. The van der Waals surface area contributed by atoms with Gasteiger partial charge in [-0.2, -0.15) is 5.26 Å². The Hall–Kier alpha value is -2.12. The maximum absolute atomic E-state index is 9.22. The van der Waals surface area contributed by atoms with E-state index in [1.54, 1.807) is 0 Å². The highest BCUT2D eigenvalue weighted by Gasteiger charge is 2.09. The van der Waals surface area contributed by atoms with Gasteiger partial charge in [0.1, 0.15) is 5.82 Å². The second-order valence-electron chi connectivity index (χ2n) is 4.03. The predicted octanol–water partition coefficient (Wildman–Crippen LogP) is 1.89. The minimum Gasteiger partial charge on any atom is -0.356 e. The van der Waals surface area contributed by atoms with Crippen LogP contribution in [-0.2, 0) is 0 Å². The number of nitrogens with two attached hydrogens (primary N) is 1. The van der Waals surface area contributed by atoms with Gasteiger partial charge in [0.05, 0.1) is 17.1 Å². The maximum atomic E-state index is 9.22. The zero-order valence-electron chi connectivity index (χ0n) is 10.4. The molecular formula is C14H16N4. The summed E-state index contributed by atoms with van der Waals surface area (Å²) >= 11 is 0. The van der Waals surface area contributed by atoms with Crippen molar-refractivity contribution in [3.8, 4) is 6.07 Å². The lowest BCUT2D eigenvalue weighted by Crippen LogP contribution is -2.29. The molecule has 2 N–H and O–H groups in total. The van der Waals surface area contributed by atoms with E-state index in [9.17, 15) is 5.26 Å². The first kappa shape index (κ1) is 12.3.